The highest BCUT2D eigenvalue weighted by Crippen LogP contribution is 2.33. The Morgan fingerprint density at radius 3 is 2.35 bits per heavy atom. The van der Waals surface area contributed by atoms with E-state index in [9.17, 15) is 14.4 Å². The van der Waals surface area contributed by atoms with Crippen molar-refractivity contribution >= 4 is 39.5 Å². The largest absolute Gasteiger partial charge is 0.456 e. The highest BCUT2D eigenvalue weighted by Gasteiger charge is 2.26. The summed E-state index contributed by atoms with van der Waals surface area (Å²) in [6, 6.07) is 24.1. The maximum absolute atomic E-state index is 13.5. The second kappa shape index (κ2) is 10.1. The number of aryl methyl sites for hydroxylation is 1. The fourth-order valence-electron chi connectivity index (χ4n) is 4.88. The van der Waals surface area contributed by atoms with Crippen molar-refractivity contribution in [3.05, 3.63) is 96.2 Å². The van der Waals surface area contributed by atoms with Crippen molar-refractivity contribution in [2.45, 2.75) is 19.4 Å². The number of aromatic amines is 1. The molecule has 1 amide bonds. The molecular formula is C30H27N3O4. The predicted octanol–water partition coefficient (Wildman–Crippen LogP) is 4.80. The summed E-state index contributed by atoms with van der Waals surface area (Å²) in [5.41, 5.74) is 4.88. The third-order valence-electron chi connectivity index (χ3n) is 6.54. The first-order valence-corrected chi connectivity index (χ1v) is 12.1. The van der Waals surface area contributed by atoms with Crippen molar-refractivity contribution in [1.82, 2.24) is 14.9 Å². The first-order valence-electron chi connectivity index (χ1n) is 12.1. The summed E-state index contributed by atoms with van der Waals surface area (Å²) in [7, 11) is 1.92. The second-order valence-corrected chi connectivity index (χ2v) is 9.01. The number of carbonyl (C=O) groups is 3. The average molecular weight is 494 g/mol. The molecule has 0 unspecified atom stereocenters. The van der Waals surface area contributed by atoms with Gasteiger partial charge in [-0.25, -0.2) is 4.79 Å². The van der Waals surface area contributed by atoms with E-state index in [0.717, 1.165) is 38.6 Å². The van der Waals surface area contributed by atoms with Gasteiger partial charge in [0.1, 0.15) is 6.04 Å². The van der Waals surface area contributed by atoms with Crippen LogP contribution in [0.25, 0.3) is 33.1 Å². The maximum Gasteiger partial charge on any atom is 0.329 e. The van der Waals surface area contributed by atoms with Gasteiger partial charge >= 0.3 is 5.97 Å². The molecule has 7 nitrogen and oxygen atoms in total. The van der Waals surface area contributed by atoms with Gasteiger partial charge < -0.3 is 19.6 Å². The molecule has 0 saturated carbocycles. The van der Waals surface area contributed by atoms with E-state index in [1.54, 1.807) is 0 Å². The van der Waals surface area contributed by atoms with Gasteiger partial charge in [0.2, 0.25) is 11.7 Å². The van der Waals surface area contributed by atoms with E-state index in [2.05, 4.69) is 10.3 Å². The van der Waals surface area contributed by atoms with Crippen LogP contribution >= 0.6 is 0 Å². The lowest BCUT2D eigenvalue weighted by Gasteiger charge is -2.16. The van der Waals surface area contributed by atoms with Crippen LogP contribution in [0.3, 0.4) is 0 Å². The Kier molecular flexibility index (Phi) is 6.60. The number of ether oxygens (including phenoxy) is 1. The third-order valence-corrected chi connectivity index (χ3v) is 6.54. The summed E-state index contributed by atoms with van der Waals surface area (Å²) >= 11 is 0. The number of amides is 1. The van der Waals surface area contributed by atoms with Crippen molar-refractivity contribution < 1.29 is 19.1 Å². The Morgan fingerprint density at radius 1 is 0.919 bits per heavy atom. The highest BCUT2D eigenvalue weighted by molar-refractivity contribution is 6.14. The second-order valence-electron chi connectivity index (χ2n) is 9.01. The zero-order valence-corrected chi connectivity index (χ0v) is 20.7. The normalized spacial score (nSPS) is 11.9. The molecule has 2 aromatic heterocycles. The number of rotatable bonds is 8. The van der Waals surface area contributed by atoms with Crippen molar-refractivity contribution in [2.75, 3.05) is 6.61 Å². The lowest BCUT2D eigenvalue weighted by molar-refractivity contribution is -0.146. The van der Waals surface area contributed by atoms with Crippen molar-refractivity contribution in [3.8, 4) is 11.3 Å². The number of H-pyrrole nitrogens is 1. The Labute approximate surface area is 214 Å². The van der Waals surface area contributed by atoms with Gasteiger partial charge in [-0.05, 0) is 23.3 Å². The predicted molar refractivity (Wildman–Crippen MR) is 143 cm³/mol. The molecule has 37 heavy (non-hydrogen) atoms. The standard InChI is InChI=1S/C30H27N3O4/c1-19(34)32-25(16-21-17-31-24-14-8-6-12-22(21)24)30(36)37-18-27(35)28-23-13-7-9-15-26(23)33(2)29(28)20-10-4-3-5-11-20/h3-15,17,25,31H,16,18H2,1-2H3,(H,32,34)/t25-/m1/s1. The summed E-state index contributed by atoms with van der Waals surface area (Å²) < 4.78 is 7.49. The van der Waals surface area contributed by atoms with E-state index >= 15 is 0 Å². The van der Waals surface area contributed by atoms with Crippen LogP contribution in [-0.4, -0.2) is 39.9 Å². The van der Waals surface area contributed by atoms with Gasteiger partial charge in [0, 0.05) is 48.4 Å². The molecule has 5 aromatic rings. The monoisotopic (exact) mass is 493 g/mol. The van der Waals surface area contributed by atoms with E-state index in [1.165, 1.54) is 6.92 Å². The van der Waals surface area contributed by atoms with Crippen LogP contribution < -0.4 is 5.32 Å². The zero-order chi connectivity index (χ0) is 25.9. The molecule has 0 bridgehead atoms. The molecule has 0 aliphatic carbocycles. The van der Waals surface area contributed by atoms with Crippen molar-refractivity contribution in [1.29, 1.82) is 0 Å². The Morgan fingerprint density at radius 2 is 1.59 bits per heavy atom. The maximum atomic E-state index is 13.5. The molecule has 7 heteroatoms. The number of esters is 1. The molecule has 0 spiro atoms. The summed E-state index contributed by atoms with van der Waals surface area (Å²) in [5, 5.41) is 4.43. The summed E-state index contributed by atoms with van der Waals surface area (Å²) in [6.45, 7) is 0.916. The van der Waals surface area contributed by atoms with E-state index in [0.29, 0.717) is 5.56 Å². The van der Waals surface area contributed by atoms with Crippen LogP contribution in [-0.2, 0) is 27.8 Å². The Balaban J connectivity index is 1.40. The number of para-hydroxylation sites is 2. The molecule has 186 valence electrons. The highest BCUT2D eigenvalue weighted by atomic mass is 16.5. The van der Waals surface area contributed by atoms with Gasteiger partial charge in [0.15, 0.2) is 6.61 Å². The summed E-state index contributed by atoms with van der Waals surface area (Å²) in [4.78, 5) is 41.7. The number of Topliss-reactive ketones (excluding diaryl/α,β-unsaturated/α-hetero) is 1. The molecule has 1 atom stereocenters. The molecule has 0 aliphatic rings. The molecular weight excluding hydrogens is 466 g/mol. The third kappa shape index (κ3) is 4.76. The number of benzene rings is 3. The summed E-state index contributed by atoms with van der Waals surface area (Å²) in [5.74, 6) is -1.32. The van der Waals surface area contributed by atoms with Gasteiger partial charge in [-0.3, -0.25) is 9.59 Å². The number of nitrogens with zero attached hydrogens (tertiary/aromatic N) is 1. The minimum absolute atomic E-state index is 0.236. The molecule has 5 rings (SSSR count). The van der Waals surface area contributed by atoms with Gasteiger partial charge in [0.05, 0.1) is 11.3 Å². The molecule has 2 N–H and O–H groups in total. The van der Waals surface area contributed by atoms with Gasteiger partial charge in [-0.15, -0.1) is 0 Å². The molecule has 0 aliphatic heterocycles. The topological polar surface area (TPSA) is 93.2 Å². The molecule has 2 heterocycles. The van der Waals surface area contributed by atoms with Gasteiger partial charge in [0.25, 0.3) is 0 Å². The zero-order valence-electron chi connectivity index (χ0n) is 20.7. The lowest BCUT2D eigenvalue weighted by atomic mass is 10.0. The van der Waals surface area contributed by atoms with E-state index in [1.807, 2.05) is 96.7 Å². The van der Waals surface area contributed by atoms with Crippen LogP contribution in [0, 0.1) is 0 Å². The fraction of sp³-hybridized carbons (Fsp3) is 0.167. The molecule has 0 saturated heterocycles. The van der Waals surface area contributed by atoms with Crippen molar-refractivity contribution in [3.63, 3.8) is 0 Å². The van der Waals surface area contributed by atoms with Crippen molar-refractivity contribution in [2.24, 2.45) is 7.05 Å². The average Bonchev–Trinajstić information content (AvgIpc) is 3.45. The van der Waals surface area contributed by atoms with E-state index in [4.69, 9.17) is 4.74 Å². The number of nitrogens with one attached hydrogen (secondary N) is 2. The Bertz CT molecular complexity index is 1610. The Hall–Kier alpha value is -4.65. The SMILES string of the molecule is CC(=O)N[C@H](Cc1c[nH]c2ccccc12)C(=O)OCC(=O)c1c(-c2ccccc2)n(C)c2ccccc12. The molecule has 0 radical (unpaired) electrons. The first-order chi connectivity index (χ1) is 17.9. The quantitative estimate of drug-likeness (QED) is 0.240. The number of carbonyl (C=O) groups excluding carboxylic acids is 3. The van der Waals surface area contributed by atoms with Crippen LogP contribution in [0.5, 0.6) is 0 Å². The smallest absolute Gasteiger partial charge is 0.329 e. The van der Waals surface area contributed by atoms with Gasteiger partial charge in [-0.2, -0.15) is 0 Å². The van der Waals surface area contributed by atoms with Crippen LogP contribution in [0.4, 0.5) is 0 Å². The van der Waals surface area contributed by atoms with E-state index < -0.39 is 18.6 Å². The van der Waals surface area contributed by atoms with Crippen LogP contribution in [0.1, 0.15) is 22.8 Å². The lowest BCUT2D eigenvalue weighted by Crippen LogP contribution is -2.42. The van der Waals surface area contributed by atoms with E-state index in [-0.39, 0.29) is 18.1 Å². The number of hydrogen-bond acceptors (Lipinski definition) is 4. The van der Waals surface area contributed by atoms with Crippen LogP contribution in [0.2, 0.25) is 0 Å². The molecule has 3 aromatic carbocycles. The minimum Gasteiger partial charge on any atom is -0.456 e. The fourth-order valence-corrected chi connectivity index (χ4v) is 4.88. The van der Waals surface area contributed by atoms with Gasteiger partial charge in [-0.1, -0.05) is 66.7 Å². The number of hydrogen-bond donors (Lipinski definition) is 2. The summed E-state index contributed by atoms with van der Waals surface area (Å²) in [6.07, 6.45) is 2.06. The minimum atomic E-state index is -0.925. The number of aromatic nitrogens is 2. The van der Waals surface area contributed by atoms with Crippen LogP contribution in [0.15, 0.2) is 85.1 Å². The first kappa shape index (κ1) is 24.1. The number of fused-ring (bicyclic) bond motifs is 2. The number of ketones is 1. The molecule has 0 fully saturated rings.